The summed E-state index contributed by atoms with van der Waals surface area (Å²) in [6, 6.07) is 10.4. The van der Waals surface area contributed by atoms with Crippen LogP contribution in [0.5, 0.6) is 17.2 Å². The fourth-order valence-corrected chi connectivity index (χ4v) is 9.36. The number of benzene rings is 3. The van der Waals surface area contributed by atoms with Crippen LogP contribution >= 0.6 is 0 Å². The predicted molar refractivity (Wildman–Crippen MR) is 223 cm³/mol. The van der Waals surface area contributed by atoms with Crippen molar-refractivity contribution in [2.45, 2.75) is 74.8 Å². The van der Waals surface area contributed by atoms with Crippen LogP contribution in [0, 0.1) is 18.4 Å². The van der Waals surface area contributed by atoms with Gasteiger partial charge in [0.05, 0.1) is 49.6 Å². The van der Waals surface area contributed by atoms with Gasteiger partial charge in [-0.15, -0.1) is 0 Å². The lowest BCUT2D eigenvalue weighted by Crippen LogP contribution is -2.70. The smallest absolute Gasteiger partial charge is 0.254 e. The van der Waals surface area contributed by atoms with Crippen molar-refractivity contribution in [3.63, 3.8) is 0 Å². The van der Waals surface area contributed by atoms with Crippen molar-refractivity contribution in [3.05, 3.63) is 105 Å². The van der Waals surface area contributed by atoms with E-state index in [4.69, 9.17) is 23.7 Å². The van der Waals surface area contributed by atoms with E-state index in [1.54, 1.807) is 24.4 Å². The highest BCUT2D eigenvalue weighted by Crippen LogP contribution is 2.47. The minimum Gasteiger partial charge on any atom is -0.506 e. The van der Waals surface area contributed by atoms with Crippen molar-refractivity contribution >= 4 is 28.7 Å². The van der Waals surface area contributed by atoms with Gasteiger partial charge in [-0.2, -0.15) is 4.99 Å². The van der Waals surface area contributed by atoms with Crippen molar-refractivity contribution in [2.24, 2.45) is 4.99 Å². The molecule has 3 aromatic carbocycles. The van der Waals surface area contributed by atoms with Gasteiger partial charge in [-0.3, -0.25) is 9.59 Å². The minimum atomic E-state index is -2.43. The first-order valence-corrected chi connectivity index (χ1v) is 20.6. The van der Waals surface area contributed by atoms with E-state index in [2.05, 4.69) is 22.3 Å². The van der Waals surface area contributed by atoms with Gasteiger partial charge in [-0.05, 0) is 66.1 Å². The van der Waals surface area contributed by atoms with Crippen LogP contribution in [0.15, 0.2) is 76.0 Å². The van der Waals surface area contributed by atoms with Crippen LogP contribution in [-0.2, 0) is 27.2 Å². The number of hydrogen-bond donors (Lipinski definition) is 5. The number of amides is 1. The number of nitrogens with one attached hydrogen (secondary N) is 1. The summed E-state index contributed by atoms with van der Waals surface area (Å²) in [5, 5.41) is 51.1. The van der Waals surface area contributed by atoms with E-state index in [1.807, 2.05) is 37.8 Å². The summed E-state index contributed by atoms with van der Waals surface area (Å²) in [5.41, 5.74) is 3.87. The number of hydrogen-bond acceptors (Lipinski definition) is 13. The zero-order valence-corrected chi connectivity index (χ0v) is 34.0. The fraction of sp³-hybridized carbons (Fsp3) is 0.404. The van der Waals surface area contributed by atoms with Gasteiger partial charge in [0.15, 0.2) is 23.2 Å². The number of fused-ring (bicyclic) bond motifs is 5. The molecular weight excluding hydrogens is 783 g/mol. The Morgan fingerprint density at radius 1 is 1.13 bits per heavy atom. The zero-order chi connectivity index (χ0) is 42.4. The number of likely N-dealkylation sites (N-methyl/N-ethyl adjacent to an activating group) is 1. The molecule has 316 valence electrons. The van der Waals surface area contributed by atoms with E-state index >= 15 is 0 Å². The minimum absolute atomic E-state index is 0.0156. The normalized spacial score (nSPS) is 25.9. The van der Waals surface area contributed by atoms with Gasteiger partial charge in [0.25, 0.3) is 5.91 Å². The van der Waals surface area contributed by atoms with E-state index in [0.29, 0.717) is 28.8 Å². The van der Waals surface area contributed by atoms with E-state index in [-0.39, 0.29) is 67.0 Å². The van der Waals surface area contributed by atoms with Crippen LogP contribution < -0.4 is 14.8 Å². The predicted octanol–water partition coefficient (Wildman–Crippen LogP) is 3.79. The summed E-state index contributed by atoms with van der Waals surface area (Å²) in [6.45, 7) is -0.526. The number of nitrogens with zero attached hydrogens (tertiary/aromatic N) is 2. The molecule has 61 heavy (non-hydrogen) atoms. The van der Waals surface area contributed by atoms with Crippen LogP contribution in [-0.4, -0.2) is 121 Å². The molecule has 0 spiro atoms. The van der Waals surface area contributed by atoms with Gasteiger partial charge >= 0.3 is 0 Å². The second kappa shape index (κ2) is 16.7. The molecule has 4 heterocycles. The van der Waals surface area contributed by atoms with Crippen molar-refractivity contribution in [2.75, 3.05) is 47.1 Å². The average molecular weight is 831 g/mol. The number of phenolic OH excluding ortho intramolecular Hbond substituents is 1. The molecule has 9 rings (SSSR count). The number of aliphatic hydroxyl groups is 3. The largest absolute Gasteiger partial charge is 0.506 e. The topological polar surface area (TPSA) is 189 Å². The first kappa shape index (κ1) is 40.7. The van der Waals surface area contributed by atoms with Crippen LogP contribution in [0.3, 0.4) is 0 Å². The highest BCUT2D eigenvalue weighted by atomic mass is 16.7. The Balaban J connectivity index is 1.13. The van der Waals surface area contributed by atoms with Crippen LogP contribution in [0.2, 0.25) is 0 Å². The van der Waals surface area contributed by atoms with Crippen molar-refractivity contribution in [3.8, 4) is 29.3 Å². The molecule has 14 heteroatoms. The first-order valence-electron chi connectivity index (χ1n) is 20.6. The number of rotatable bonds is 9. The van der Waals surface area contributed by atoms with Gasteiger partial charge in [-0.25, -0.2) is 0 Å². The van der Waals surface area contributed by atoms with Crippen molar-refractivity contribution < 1.29 is 53.7 Å². The summed E-state index contributed by atoms with van der Waals surface area (Å²) >= 11 is 0. The molecule has 1 amide bonds. The monoisotopic (exact) mass is 830 g/mol. The summed E-state index contributed by atoms with van der Waals surface area (Å²) < 4.78 is 30.6. The molecule has 6 bridgehead atoms. The fourth-order valence-electron chi connectivity index (χ4n) is 9.36. The molecule has 2 fully saturated rings. The number of Topliss-reactive ketones (excluding diaryl/α,β-unsaturated/α-hetero) is 1. The number of methoxy groups -OCH3 is 1. The Kier molecular flexibility index (Phi) is 11.1. The molecule has 3 aromatic rings. The van der Waals surface area contributed by atoms with Gasteiger partial charge in [0, 0.05) is 55.3 Å². The molecular formula is C47H48N3O11+. The molecule has 14 nitrogen and oxygen atoms in total. The third-order valence-electron chi connectivity index (χ3n) is 12.6. The van der Waals surface area contributed by atoms with Gasteiger partial charge < -0.3 is 54.3 Å². The average Bonchev–Trinajstić information content (AvgIpc) is 4.02. The Morgan fingerprint density at radius 2 is 1.97 bits per heavy atom. The SMILES string of the molecule is CNCC1=CC=C2N=CC(COCC3OC4Oc5cc(OC)cc6cc(C7CCCC7)c(c(O)c56)C(=O)CN5Cc6c(cccc6C5=O)CC#COC(C3O)C4(O)CO)=C2[CH+]1. The zero-order valence-electron chi connectivity index (χ0n) is 34.0. The van der Waals surface area contributed by atoms with Crippen LogP contribution in [0.25, 0.3) is 10.8 Å². The Morgan fingerprint density at radius 3 is 2.75 bits per heavy atom. The van der Waals surface area contributed by atoms with Crippen LogP contribution in [0.4, 0.5) is 0 Å². The molecule has 2 aliphatic carbocycles. The highest BCUT2D eigenvalue weighted by Gasteiger charge is 2.58. The Bertz CT molecular complexity index is 2470. The molecule has 1 saturated heterocycles. The quantitative estimate of drug-likeness (QED) is 0.155. The lowest BCUT2D eigenvalue weighted by atomic mass is 9.86. The van der Waals surface area contributed by atoms with Crippen molar-refractivity contribution in [1.82, 2.24) is 10.2 Å². The van der Waals surface area contributed by atoms with E-state index in [0.717, 1.165) is 59.2 Å². The molecule has 6 aliphatic rings. The number of carbonyl (C=O) groups is 2. The molecule has 5 atom stereocenters. The summed E-state index contributed by atoms with van der Waals surface area (Å²) in [6.07, 6.45) is 7.92. The molecule has 1 saturated carbocycles. The molecule has 5 N–H and O–H groups in total. The summed E-state index contributed by atoms with van der Waals surface area (Å²) in [7, 11) is 3.35. The van der Waals surface area contributed by atoms with E-state index in [1.165, 1.54) is 18.1 Å². The molecule has 0 radical (unpaired) electrons. The second-order valence-corrected chi connectivity index (χ2v) is 16.4. The van der Waals surface area contributed by atoms with E-state index in [9.17, 15) is 30.0 Å². The van der Waals surface area contributed by atoms with Crippen LogP contribution in [0.1, 0.15) is 69.0 Å². The third kappa shape index (κ3) is 7.35. The standard InChI is InChI=1S/C47H47N3O11/c1-48-19-26-12-13-36-33(15-26)30(20-49-36)23-58-24-39-42(53)44-47(56,25-51)46(61-39)60-38-18-31(57-2)16-29-17-34(27-7-3-4-8-27)41(43(54)40(29)38)37(52)22-50-21-35-28(10-6-14-59-44)9-5-11-32(35)45(50)55/h5,9,11-13,15-18,20,27,39,42,44,46,48,51,53,56H,3-4,7-8,10,19,21-25H2,1-2H3/p+1. The maximum atomic E-state index is 14.6. The molecule has 4 aliphatic heterocycles. The number of aliphatic imine (C=N–C) groups is 1. The number of aromatic hydroxyl groups is 1. The number of carbonyl (C=O) groups excluding carboxylic acids is 2. The number of ketones is 1. The first-order chi connectivity index (χ1) is 29.6. The maximum absolute atomic E-state index is 14.6. The lowest BCUT2D eigenvalue weighted by molar-refractivity contribution is -0.327. The summed E-state index contributed by atoms with van der Waals surface area (Å²) in [4.78, 5) is 34.3. The molecule has 5 unspecified atom stereocenters. The maximum Gasteiger partial charge on any atom is 0.254 e. The third-order valence-corrected chi connectivity index (χ3v) is 12.6. The van der Waals surface area contributed by atoms with Gasteiger partial charge in [-0.1, -0.05) is 30.9 Å². The van der Waals surface area contributed by atoms with Gasteiger partial charge in [0.1, 0.15) is 47.7 Å². The molecule has 0 aromatic heterocycles. The number of allylic oxidation sites excluding steroid dienone is 3. The second-order valence-electron chi connectivity index (χ2n) is 16.4. The highest BCUT2D eigenvalue weighted by molar-refractivity contribution is 6.11. The number of aliphatic hydroxyl groups excluding tert-OH is 2. The Hall–Kier alpha value is -5.66. The van der Waals surface area contributed by atoms with Gasteiger partial charge in [0.2, 0.25) is 6.29 Å². The summed E-state index contributed by atoms with van der Waals surface area (Å²) in [5.74, 6) is 2.12. The lowest BCUT2D eigenvalue weighted by Gasteiger charge is -2.47. The van der Waals surface area contributed by atoms with Crippen molar-refractivity contribution in [1.29, 1.82) is 0 Å². The number of ether oxygens (including phenoxy) is 5. The number of phenols is 1. The Labute approximate surface area is 353 Å². The van der Waals surface area contributed by atoms with E-state index < -0.39 is 42.6 Å².